The number of halogens is 3. The van der Waals surface area contributed by atoms with Crippen LogP contribution in [0.4, 0.5) is 13.2 Å². The van der Waals surface area contributed by atoms with Crippen molar-refractivity contribution in [2.45, 2.75) is 32.8 Å². The summed E-state index contributed by atoms with van der Waals surface area (Å²) in [5.74, 6) is -1.57. The Kier molecular flexibility index (Phi) is 1.91. The van der Waals surface area contributed by atoms with E-state index in [0.29, 0.717) is 0 Å². The van der Waals surface area contributed by atoms with Gasteiger partial charge in [-0.15, -0.1) is 0 Å². The zero-order chi connectivity index (χ0) is 9.28. The molecule has 0 rings (SSSR count). The Balaban J connectivity index is 3.99. The molecule has 0 nitrogen and oxygen atoms in total. The van der Waals surface area contributed by atoms with Gasteiger partial charge in [0.05, 0.1) is 5.92 Å². The van der Waals surface area contributed by atoms with E-state index in [1.807, 2.05) is 0 Å². The van der Waals surface area contributed by atoms with Gasteiger partial charge in [0.25, 0.3) is 0 Å². The second-order valence-corrected chi connectivity index (χ2v) is 2.00. The molecule has 0 saturated heterocycles. The molecule has 1 atom stereocenters. The fourth-order valence-corrected chi connectivity index (χ4v) is 0.422. The fraction of sp³-hybridized carbons (Fsp3) is 1.00. The fourth-order valence-electron chi connectivity index (χ4n) is 0.422. The molecule has 3 heteroatoms. The third-order valence-corrected chi connectivity index (χ3v) is 1.07. The predicted molar refractivity (Wildman–Crippen MR) is 30.1 cm³/mol. The van der Waals surface area contributed by atoms with E-state index in [0.717, 1.165) is 13.8 Å². The van der Waals surface area contributed by atoms with Gasteiger partial charge < -0.3 is 0 Å². The highest BCUT2D eigenvalue weighted by molar-refractivity contribution is 4.60. The van der Waals surface area contributed by atoms with Crippen molar-refractivity contribution in [2.75, 3.05) is 0 Å². The van der Waals surface area contributed by atoms with Crippen LogP contribution in [0.5, 0.6) is 0 Å². The van der Waals surface area contributed by atoms with Gasteiger partial charge in [0.1, 0.15) is 0 Å². The summed E-state index contributed by atoms with van der Waals surface area (Å²) in [6.45, 7) is 2.14. The van der Waals surface area contributed by atoms with Gasteiger partial charge in [0.15, 0.2) is 0 Å². The van der Waals surface area contributed by atoms with Gasteiger partial charge >= 0.3 is 6.18 Å². The molecule has 56 valence electrons. The summed E-state index contributed by atoms with van der Waals surface area (Å²) >= 11 is 0. The molecule has 0 heterocycles. The van der Waals surface area contributed by atoms with Crippen LogP contribution in [0, 0.1) is 5.92 Å². The van der Waals surface area contributed by atoms with Crippen LogP contribution in [-0.2, 0) is 0 Å². The van der Waals surface area contributed by atoms with E-state index in [4.69, 9.17) is 2.74 Å². The quantitative estimate of drug-likeness (QED) is 0.556. The van der Waals surface area contributed by atoms with Crippen LogP contribution in [0.1, 0.15) is 29.4 Å². The SMILES string of the molecule is [2H]C([2H])(C)CC(C)C(F)(F)F. The zero-order valence-corrected chi connectivity index (χ0v) is 5.42. The summed E-state index contributed by atoms with van der Waals surface area (Å²) in [7, 11) is 0. The lowest BCUT2D eigenvalue weighted by Gasteiger charge is -2.13. The number of rotatable bonds is 2. The van der Waals surface area contributed by atoms with Crippen molar-refractivity contribution in [3.8, 4) is 0 Å². The summed E-state index contributed by atoms with van der Waals surface area (Å²) in [4.78, 5) is 0. The summed E-state index contributed by atoms with van der Waals surface area (Å²) in [6, 6.07) is 0. The van der Waals surface area contributed by atoms with E-state index in [1.54, 1.807) is 0 Å². The maximum atomic E-state index is 11.8. The van der Waals surface area contributed by atoms with Gasteiger partial charge in [-0.1, -0.05) is 20.2 Å². The average molecular weight is 142 g/mol. The van der Waals surface area contributed by atoms with Crippen LogP contribution in [0.15, 0.2) is 0 Å². The number of hydrogen-bond acceptors (Lipinski definition) is 0. The first-order chi connectivity index (χ1) is 4.63. The van der Waals surface area contributed by atoms with Crippen molar-refractivity contribution in [2.24, 2.45) is 5.92 Å². The third-order valence-electron chi connectivity index (χ3n) is 1.07. The first kappa shape index (κ1) is 5.57. The zero-order valence-electron chi connectivity index (χ0n) is 7.42. The van der Waals surface area contributed by atoms with Gasteiger partial charge in [0.2, 0.25) is 0 Å². The van der Waals surface area contributed by atoms with Crippen LogP contribution < -0.4 is 0 Å². The first-order valence-electron chi connectivity index (χ1n) is 3.69. The minimum absolute atomic E-state index is 0.476. The standard InChI is InChI=1S/C6H11F3/c1-3-4-5(2)6(7,8)9/h5H,3-4H2,1-2H3/i3D2. The molecule has 0 aliphatic heterocycles. The smallest absolute Gasteiger partial charge is 0.171 e. The van der Waals surface area contributed by atoms with Crippen LogP contribution in [0.3, 0.4) is 0 Å². The lowest BCUT2D eigenvalue weighted by Crippen LogP contribution is -2.19. The predicted octanol–water partition coefficient (Wildman–Crippen LogP) is 2.98. The van der Waals surface area contributed by atoms with Gasteiger partial charge in [-0.05, 0) is 6.42 Å². The van der Waals surface area contributed by atoms with Crippen LogP contribution >= 0.6 is 0 Å². The Morgan fingerprint density at radius 1 is 1.56 bits per heavy atom. The van der Waals surface area contributed by atoms with E-state index in [9.17, 15) is 13.2 Å². The molecule has 0 spiro atoms. The molecular formula is C6H11F3. The average Bonchev–Trinajstić information content (AvgIpc) is 1.56. The molecule has 0 amide bonds. The van der Waals surface area contributed by atoms with Crippen molar-refractivity contribution >= 4 is 0 Å². The van der Waals surface area contributed by atoms with Crippen molar-refractivity contribution in [3.05, 3.63) is 0 Å². The Hall–Kier alpha value is -0.210. The van der Waals surface area contributed by atoms with Gasteiger partial charge in [0, 0.05) is 2.74 Å². The lowest BCUT2D eigenvalue weighted by molar-refractivity contribution is -0.171. The normalized spacial score (nSPS) is 20.6. The summed E-state index contributed by atoms with van der Waals surface area (Å²) in [6.07, 6.45) is -6.49. The number of hydrogen-bond donors (Lipinski definition) is 0. The van der Waals surface area contributed by atoms with E-state index in [1.165, 1.54) is 0 Å². The lowest BCUT2D eigenvalue weighted by atomic mass is 10.1. The Morgan fingerprint density at radius 2 is 2.00 bits per heavy atom. The van der Waals surface area contributed by atoms with E-state index >= 15 is 0 Å². The van der Waals surface area contributed by atoms with Gasteiger partial charge in [-0.3, -0.25) is 0 Å². The van der Waals surface area contributed by atoms with E-state index in [2.05, 4.69) is 0 Å². The monoisotopic (exact) mass is 142 g/mol. The maximum absolute atomic E-state index is 11.8. The van der Waals surface area contributed by atoms with Crippen LogP contribution in [0.25, 0.3) is 0 Å². The third kappa shape index (κ3) is 3.38. The van der Waals surface area contributed by atoms with Crippen molar-refractivity contribution in [3.63, 3.8) is 0 Å². The molecule has 0 aromatic rings. The van der Waals surface area contributed by atoms with E-state index < -0.39 is 24.9 Å². The second kappa shape index (κ2) is 3.08. The molecule has 0 fully saturated rings. The second-order valence-electron chi connectivity index (χ2n) is 2.00. The number of alkyl halides is 3. The molecule has 0 N–H and O–H groups in total. The molecule has 0 saturated carbocycles. The summed E-state index contributed by atoms with van der Waals surface area (Å²) in [5, 5.41) is 0. The first-order valence-corrected chi connectivity index (χ1v) is 2.69. The molecular weight excluding hydrogens is 129 g/mol. The highest BCUT2D eigenvalue weighted by Gasteiger charge is 2.34. The molecule has 0 bridgehead atoms. The van der Waals surface area contributed by atoms with Crippen molar-refractivity contribution < 1.29 is 15.9 Å². The summed E-state index contributed by atoms with van der Waals surface area (Å²) in [5.41, 5.74) is 0. The van der Waals surface area contributed by atoms with Gasteiger partial charge in [-0.2, -0.15) is 13.2 Å². The van der Waals surface area contributed by atoms with Crippen molar-refractivity contribution in [1.29, 1.82) is 0 Å². The molecule has 0 radical (unpaired) electrons. The molecule has 0 aromatic carbocycles. The minimum Gasteiger partial charge on any atom is -0.171 e. The maximum Gasteiger partial charge on any atom is 0.391 e. The van der Waals surface area contributed by atoms with Crippen LogP contribution in [0.2, 0.25) is 0 Å². The Morgan fingerprint density at radius 3 is 2.11 bits per heavy atom. The molecule has 9 heavy (non-hydrogen) atoms. The van der Waals surface area contributed by atoms with Crippen LogP contribution in [-0.4, -0.2) is 6.18 Å². The molecule has 1 unspecified atom stereocenters. The molecule has 0 aliphatic carbocycles. The molecule has 0 aliphatic rings. The highest BCUT2D eigenvalue weighted by atomic mass is 19.4. The Labute approximate surface area is 55.9 Å². The summed E-state index contributed by atoms with van der Waals surface area (Å²) < 4.78 is 49.3. The van der Waals surface area contributed by atoms with Crippen molar-refractivity contribution in [1.82, 2.24) is 0 Å². The topological polar surface area (TPSA) is 0 Å². The van der Waals surface area contributed by atoms with Gasteiger partial charge in [-0.25, -0.2) is 0 Å². The Bertz CT molecular complexity index is 125. The molecule has 0 aromatic heterocycles. The largest absolute Gasteiger partial charge is 0.391 e. The highest BCUT2D eigenvalue weighted by Crippen LogP contribution is 2.28. The minimum atomic E-state index is -4.27. The van der Waals surface area contributed by atoms with E-state index in [-0.39, 0.29) is 0 Å².